The van der Waals surface area contributed by atoms with Crippen LogP contribution >= 0.6 is 0 Å². The molecule has 0 saturated carbocycles. The smallest absolute Gasteiger partial charge is 0.245 e. The van der Waals surface area contributed by atoms with Gasteiger partial charge in [0.2, 0.25) is 6.33 Å². The van der Waals surface area contributed by atoms with Gasteiger partial charge in [-0.15, -0.1) is 6.42 Å². The third-order valence-corrected chi connectivity index (χ3v) is 5.22. The average Bonchev–Trinajstić information content (AvgIpc) is 2.68. The molecule has 1 aromatic heterocycles. The summed E-state index contributed by atoms with van der Waals surface area (Å²) in [5.74, 6) is 2.73. The predicted molar refractivity (Wildman–Crippen MR) is 83.7 cm³/mol. The van der Waals surface area contributed by atoms with Crippen LogP contribution in [-0.2, 0) is 13.1 Å². The van der Waals surface area contributed by atoms with Gasteiger partial charge >= 0.3 is 0 Å². The Kier molecular flexibility index (Phi) is 6.03. The summed E-state index contributed by atoms with van der Waals surface area (Å²) in [5.41, 5.74) is 2.52. The maximum Gasteiger partial charge on any atom is 0.245 e. The third-order valence-electron chi connectivity index (χ3n) is 3.37. The van der Waals surface area contributed by atoms with Crippen LogP contribution in [0.15, 0.2) is 30.6 Å². The van der Waals surface area contributed by atoms with Crippen molar-refractivity contribution < 1.29 is 21.5 Å². The second kappa shape index (κ2) is 7.10. The molecule has 0 aliphatic rings. The van der Waals surface area contributed by atoms with E-state index in [1.54, 1.807) is 0 Å². The average molecular weight is 351 g/mol. The molecule has 0 unspecified atom stereocenters. The number of hydrogen-bond acceptors (Lipinski definition) is 0. The normalized spacial score (nSPS) is 11.1. The molecule has 2 nitrogen and oxygen atoms in total. The van der Waals surface area contributed by atoms with E-state index in [-0.39, 0.29) is 17.0 Å². The summed E-state index contributed by atoms with van der Waals surface area (Å²) in [6.07, 6.45) is 8.86. The van der Waals surface area contributed by atoms with E-state index in [2.05, 4.69) is 65.3 Å². The van der Waals surface area contributed by atoms with Gasteiger partial charge in [-0.3, -0.25) is 0 Å². The molecule has 0 spiro atoms. The molecule has 0 N–H and O–H groups in total. The van der Waals surface area contributed by atoms with Crippen LogP contribution in [0.5, 0.6) is 0 Å². The van der Waals surface area contributed by atoms with Crippen LogP contribution < -0.4 is 21.5 Å². The van der Waals surface area contributed by atoms with E-state index in [1.807, 2.05) is 0 Å². The molecule has 0 aliphatic heterocycles. The van der Waals surface area contributed by atoms with Gasteiger partial charge in [-0.05, 0) is 18.6 Å². The highest BCUT2D eigenvalue weighted by Crippen LogP contribution is 2.13. The number of imidazole rings is 1. The lowest BCUT2D eigenvalue weighted by molar-refractivity contribution is -0.672. The van der Waals surface area contributed by atoms with Crippen molar-refractivity contribution in [3.05, 3.63) is 30.6 Å². The number of terminal acetylenes is 1. The van der Waals surface area contributed by atoms with E-state index in [1.165, 1.54) is 23.5 Å². The second-order valence-corrected chi connectivity index (χ2v) is 11.9. The van der Waals surface area contributed by atoms with Crippen molar-refractivity contribution >= 4 is 19.1 Å². The lowest BCUT2D eigenvalue weighted by atomic mass is 10.3. The van der Waals surface area contributed by atoms with Crippen LogP contribution in [-0.4, -0.2) is 12.6 Å². The number of benzene rings is 1. The summed E-state index contributed by atoms with van der Waals surface area (Å²) in [4.78, 5) is 0. The molecule has 0 atom stereocenters. The number of nitrogens with zero attached hydrogens (tertiary/aromatic N) is 2. The first-order chi connectivity index (χ1) is 9.01. The molecule has 2 aromatic rings. The lowest BCUT2D eigenvalue weighted by Gasteiger charge is -2.14. The van der Waals surface area contributed by atoms with E-state index in [4.69, 9.17) is 6.42 Å². The van der Waals surface area contributed by atoms with Crippen molar-refractivity contribution in [2.75, 3.05) is 0 Å². The Morgan fingerprint density at radius 2 is 1.95 bits per heavy atom. The summed E-state index contributed by atoms with van der Waals surface area (Å²) >= 11 is 0. The Morgan fingerprint density at radius 3 is 2.60 bits per heavy atom. The molecule has 0 fully saturated rings. The van der Waals surface area contributed by atoms with E-state index < -0.39 is 8.07 Å². The fraction of sp³-hybridized carbons (Fsp3) is 0.438. The summed E-state index contributed by atoms with van der Waals surface area (Å²) in [7, 11) is -0.939. The quantitative estimate of drug-likeness (QED) is 0.416. The van der Waals surface area contributed by atoms with Crippen molar-refractivity contribution in [2.45, 2.75) is 45.2 Å². The van der Waals surface area contributed by atoms with Crippen LogP contribution in [0, 0.1) is 12.3 Å². The molecule has 20 heavy (non-hydrogen) atoms. The van der Waals surface area contributed by atoms with Crippen LogP contribution in [0.3, 0.4) is 0 Å². The minimum Gasteiger partial charge on any atom is -1.00 e. The topological polar surface area (TPSA) is 8.81 Å². The van der Waals surface area contributed by atoms with Gasteiger partial charge in [0, 0.05) is 8.07 Å². The molecule has 0 aliphatic carbocycles. The molecule has 0 saturated heterocycles. The molecule has 0 amide bonds. The van der Waals surface area contributed by atoms with Crippen molar-refractivity contribution in [2.24, 2.45) is 0 Å². The van der Waals surface area contributed by atoms with Gasteiger partial charge in [-0.2, -0.15) is 0 Å². The van der Waals surface area contributed by atoms with Gasteiger partial charge in [-0.1, -0.05) is 43.7 Å². The third kappa shape index (κ3) is 4.22. The molecule has 4 heteroatoms. The monoisotopic (exact) mass is 350 g/mol. The summed E-state index contributed by atoms with van der Waals surface area (Å²) in [6.45, 7) is 9.02. The van der Waals surface area contributed by atoms with Gasteiger partial charge in [0.1, 0.15) is 0 Å². The number of aromatic nitrogens is 2. The lowest BCUT2D eigenvalue weighted by Crippen LogP contribution is -3.00. The molecule has 108 valence electrons. The standard InChI is InChI=1S/C16H23N2Si.BrH/c1-5-11-17-14-18(12-8-13-19(2,3)4)16-10-7-6-9-15(16)17;/h1,6-7,9-10,14H,8,11-13H2,2-4H3;1H/q+1;/p-1. The maximum absolute atomic E-state index is 5.44. The van der Waals surface area contributed by atoms with Crippen LogP contribution in [0.25, 0.3) is 11.0 Å². The Labute approximate surface area is 133 Å². The minimum atomic E-state index is -0.939. The zero-order valence-corrected chi connectivity index (χ0v) is 15.2. The number of rotatable bonds is 5. The Balaban J connectivity index is 0.00000200. The SMILES string of the molecule is C#CCn1c[n+](CCC[Si](C)(C)C)c2ccccc21.[Br-]. The van der Waals surface area contributed by atoms with Crippen molar-refractivity contribution in [3.63, 3.8) is 0 Å². The van der Waals surface area contributed by atoms with Crippen molar-refractivity contribution in [3.8, 4) is 12.3 Å². The zero-order chi connectivity index (χ0) is 13.9. The van der Waals surface area contributed by atoms with E-state index in [9.17, 15) is 0 Å². The summed E-state index contributed by atoms with van der Waals surface area (Å²) in [6, 6.07) is 9.85. The molecule has 0 bridgehead atoms. The zero-order valence-electron chi connectivity index (χ0n) is 12.6. The summed E-state index contributed by atoms with van der Waals surface area (Å²) in [5, 5.41) is 0. The highest BCUT2D eigenvalue weighted by Gasteiger charge is 2.16. The second-order valence-electron chi connectivity index (χ2n) is 6.29. The summed E-state index contributed by atoms with van der Waals surface area (Å²) < 4.78 is 4.50. The molecular weight excluding hydrogens is 328 g/mol. The number of hydrogen-bond donors (Lipinski definition) is 0. The molecular formula is C16H23BrN2Si. The first-order valence-corrected chi connectivity index (χ1v) is 10.6. The fourth-order valence-corrected chi connectivity index (χ4v) is 3.64. The van der Waals surface area contributed by atoms with E-state index in [0.717, 1.165) is 6.54 Å². The Bertz CT molecular complexity index is 605. The molecule has 1 aromatic carbocycles. The maximum atomic E-state index is 5.44. The number of fused-ring (bicyclic) bond motifs is 1. The van der Waals surface area contributed by atoms with Crippen LogP contribution in [0.4, 0.5) is 0 Å². The number of para-hydroxylation sites is 2. The van der Waals surface area contributed by atoms with Crippen molar-refractivity contribution in [1.82, 2.24) is 4.57 Å². The van der Waals surface area contributed by atoms with Crippen molar-refractivity contribution in [1.29, 1.82) is 0 Å². The van der Waals surface area contributed by atoms with Gasteiger partial charge in [0.15, 0.2) is 17.6 Å². The fourth-order valence-electron chi connectivity index (χ4n) is 2.42. The largest absolute Gasteiger partial charge is 1.00 e. The number of aryl methyl sites for hydroxylation is 1. The van der Waals surface area contributed by atoms with E-state index in [0.29, 0.717) is 6.54 Å². The first kappa shape index (κ1) is 17.0. The van der Waals surface area contributed by atoms with Gasteiger partial charge in [0.25, 0.3) is 0 Å². The predicted octanol–water partition coefficient (Wildman–Crippen LogP) is 0.294. The Hall–Kier alpha value is -1.05. The molecule has 2 rings (SSSR count). The Morgan fingerprint density at radius 1 is 1.25 bits per heavy atom. The van der Waals surface area contributed by atoms with Gasteiger partial charge in [-0.25, -0.2) is 9.13 Å². The first-order valence-electron chi connectivity index (χ1n) is 6.92. The van der Waals surface area contributed by atoms with Crippen LogP contribution in [0.2, 0.25) is 25.7 Å². The molecule has 0 radical (unpaired) electrons. The minimum absolute atomic E-state index is 0. The highest BCUT2D eigenvalue weighted by molar-refractivity contribution is 6.76. The van der Waals surface area contributed by atoms with Gasteiger partial charge < -0.3 is 17.0 Å². The molecule has 1 heterocycles. The van der Waals surface area contributed by atoms with E-state index >= 15 is 0 Å². The number of halogens is 1. The van der Waals surface area contributed by atoms with Gasteiger partial charge in [0.05, 0.1) is 6.54 Å². The highest BCUT2D eigenvalue weighted by atomic mass is 79.9. The van der Waals surface area contributed by atoms with Crippen LogP contribution in [0.1, 0.15) is 6.42 Å².